The van der Waals surface area contributed by atoms with Crippen LogP contribution in [0.3, 0.4) is 0 Å². The SMILES string of the molecule is CC[C@H](C)[C@H](NC(=O)[C@@H](NC(=O)[C@H](Cc1c[nH]c2ccccc12)NC(=O)[C@H](CC(N)=O)NC(=O)[C@H](C)NC(=O)[C@H](CO)NC(=O)[C@H](C)NC(=O)CNC(=O)[C@H](Cc1c[nH]cn1)NC(=O)[C@@H](NC(=O)[C@H](CC(C)C)NC(=O)[C@H](CCC(=O)O)NC(=O)[C@H](C)NC(=O)[C@@H](NC(=O)[C@H](Cc1ccccc1)NC(=O)[C@@H]1CCCN1C(=O)[C@H](CO)NC(=O)[C@@H](NC(=O)[C@H](CC(N)=O)NC(=O)[C@@H]1CCCN1)[C@@H](C)O)[C@@H](C)O)[C@@H](C)O)[C@@H](C)O)C(=O)O. The summed E-state index contributed by atoms with van der Waals surface area (Å²) in [5.41, 5.74) is 12.5. The lowest BCUT2D eigenvalue weighted by molar-refractivity contribution is -0.144. The van der Waals surface area contributed by atoms with E-state index in [0.717, 1.165) is 53.4 Å². The number of carbonyl (C=O) groups is 23. The molecule has 2 fully saturated rings. The number of carboxylic acid groups (broad SMARTS) is 2. The minimum atomic E-state index is -1.98. The number of carboxylic acids is 2. The zero-order valence-electron chi connectivity index (χ0n) is 84.6. The first-order chi connectivity index (χ1) is 70.7. The highest BCUT2D eigenvalue weighted by Crippen LogP contribution is 2.23. The number of carbonyl (C=O) groups excluding carboxylic acids is 21. The predicted molar refractivity (Wildman–Crippen MR) is 525 cm³/mol. The molecule has 0 spiro atoms. The fraction of sp³-hybridized carbons (Fsp3) is 0.574. The molecule has 24 atom stereocenters. The van der Waals surface area contributed by atoms with E-state index < -0.39 is 339 Å². The summed E-state index contributed by atoms with van der Waals surface area (Å²) in [6.07, 6.45) is -5.87. The van der Waals surface area contributed by atoms with Gasteiger partial charge in [-0.25, -0.2) is 9.78 Å². The number of fused-ring (bicyclic) bond motifs is 1. The number of aliphatic hydroxyl groups is 6. The molecule has 56 heteroatoms. The summed E-state index contributed by atoms with van der Waals surface area (Å²) in [5, 5.41) is 129. The molecule has 4 aromatic rings. The maximum Gasteiger partial charge on any atom is 0.326 e. The average molecular weight is 2120 g/mol. The number of primary amides is 2. The van der Waals surface area contributed by atoms with Crippen LogP contribution in [0.1, 0.15) is 157 Å². The number of aromatic amines is 2. The number of hydrogen-bond acceptors (Lipinski definition) is 31. The number of nitrogens with zero attached hydrogens (tertiary/aromatic N) is 2. The van der Waals surface area contributed by atoms with Crippen LogP contribution in [-0.2, 0) is 130 Å². The molecule has 2 aliphatic rings. The number of aliphatic hydroxyl groups excluding tert-OH is 6. The number of likely N-dealkylation sites (tertiary alicyclic amines) is 1. The van der Waals surface area contributed by atoms with Gasteiger partial charge in [0.25, 0.3) is 0 Å². The molecule has 21 amide bonds. The van der Waals surface area contributed by atoms with Gasteiger partial charge in [0.2, 0.25) is 124 Å². The van der Waals surface area contributed by atoms with Crippen LogP contribution in [0.4, 0.5) is 0 Å². The summed E-state index contributed by atoms with van der Waals surface area (Å²) in [5.74, 6) is -27.4. The van der Waals surface area contributed by atoms with Crippen LogP contribution in [0.15, 0.2) is 73.3 Å². The van der Waals surface area contributed by atoms with Crippen LogP contribution in [0.5, 0.6) is 0 Å². The van der Waals surface area contributed by atoms with E-state index in [2.05, 4.69) is 116 Å². The third-order valence-corrected chi connectivity index (χ3v) is 24.5. The Morgan fingerprint density at radius 3 is 1.37 bits per heavy atom. The molecule has 2 saturated heterocycles. The second-order valence-electron chi connectivity index (χ2n) is 37.3. The first-order valence-corrected chi connectivity index (χ1v) is 48.7. The van der Waals surface area contributed by atoms with E-state index in [-0.39, 0.29) is 44.3 Å². The van der Waals surface area contributed by atoms with E-state index >= 15 is 0 Å². The van der Waals surface area contributed by atoms with Gasteiger partial charge in [0.05, 0.1) is 75.1 Å². The van der Waals surface area contributed by atoms with E-state index in [0.29, 0.717) is 47.8 Å². The van der Waals surface area contributed by atoms with Crippen molar-refractivity contribution in [1.82, 2.24) is 121 Å². The molecule has 0 unspecified atom stereocenters. The molecule has 4 heterocycles. The molecular weight excluding hydrogens is 1980 g/mol. The minimum Gasteiger partial charge on any atom is -0.481 e. The highest BCUT2D eigenvalue weighted by atomic mass is 16.4. The number of benzene rings is 2. The predicted octanol–water partition coefficient (Wildman–Crippen LogP) is -11.6. The highest BCUT2D eigenvalue weighted by molar-refractivity contribution is 6.04. The lowest BCUT2D eigenvalue weighted by Gasteiger charge is -2.31. The van der Waals surface area contributed by atoms with E-state index in [4.69, 9.17) is 11.5 Å². The highest BCUT2D eigenvalue weighted by Gasteiger charge is 2.45. The Morgan fingerprint density at radius 2 is 0.867 bits per heavy atom. The molecule has 826 valence electrons. The monoisotopic (exact) mass is 2110 g/mol. The zero-order valence-corrected chi connectivity index (χ0v) is 84.6. The fourth-order valence-corrected chi connectivity index (χ4v) is 15.9. The van der Waals surface area contributed by atoms with Crippen molar-refractivity contribution < 1.29 is 151 Å². The molecule has 2 aromatic heterocycles. The molecule has 33 N–H and O–H groups in total. The van der Waals surface area contributed by atoms with Gasteiger partial charge in [-0.05, 0) is 123 Å². The van der Waals surface area contributed by atoms with Gasteiger partial charge >= 0.3 is 11.9 Å². The Labute approximate surface area is 860 Å². The third kappa shape index (κ3) is 38.5. The number of nitrogens with two attached hydrogens (primary N) is 2. The molecule has 150 heavy (non-hydrogen) atoms. The number of para-hydroxylation sites is 1. The molecule has 0 saturated carbocycles. The van der Waals surface area contributed by atoms with Crippen LogP contribution in [0.2, 0.25) is 0 Å². The molecule has 2 aromatic carbocycles. The summed E-state index contributed by atoms with van der Waals surface area (Å²) in [7, 11) is 0. The maximum atomic E-state index is 14.5. The van der Waals surface area contributed by atoms with Crippen LogP contribution >= 0.6 is 0 Å². The smallest absolute Gasteiger partial charge is 0.326 e. The zero-order chi connectivity index (χ0) is 112. The Morgan fingerprint density at radius 1 is 0.433 bits per heavy atom. The van der Waals surface area contributed by atoms with Crippen molar-refractivity contribution in [2.75, 3.05) is 32.8 Å². The number of imidazole rings is 1. The normalized spacial score (nSPS) is 17.7. The summed E-state index contributed by atoms with van der Waals surface area (Å²) < 4.78 is 0. The summed E-state index contributed by atoms with van der Waals surface area (Å²) >= 11 is 0. The van der Waals surface area contributed by atoms with E-state index in [1.807, 2.05) is 0 Å². The van der Waals surface area contributed by atoms with Gasteiger partial charge in [-0.15, -0.1) is 0 Å². The topological polar surface area (TPSA) is 883 Å². The van der Waals surface area contributed by atoms with Crippen LogP contribution < -0.4 is 112 Å². The first kappa shape index (κ1) is 123. The Hall–Kier alpha value is -15.3. The van der Waals surface area contributed by atoms with Crippen molar-refractivity contribution >= 4 is 147 Å². The molecule has 0 bridgehead atoms. The van der Waals surface area contributed by atoms with Gasteiger partial charge in [0, 0.05) is 55.5 Å². The number of amides is 21. The van der Waals surface area contributed by atoms with Gasteiger partial charge in [0.1, 0.15) is 109 Å². The van der Waals surface area contributed by atoms with Crippen LogP contribution in [-0.4, -0.2) is 369 Å². The van der Waals surface area contributed by atoms with Gasteiger partial charge in [-0.3, -0.25) is 105 Å². The molecule has 0 radical (unpaired) electrons. The summed E-state index contributed by atoms with van der Waals surface area (Å²) in [4.78, 5) is 325. The van der Waals surface area contributed by atoms with Crippen molar-refractivity contribution in [3.63, 3.8) is 0 Å². The largest absolute Gasteiger partial charge is 0.481 e. The Kier molecular flexibility index (Phi) is 49.1. The van der Waals surface area contributed by atoms with Crippen molar-refractivity contribution in [2.24, 2.45) is 23.3 Å². The molecule has 56 nitrogen and oxygen atoms in total. The van der Waals surface area contributed by atoms with Crippen molar-refractivity contribution in [3.05, 3.63) is 90.1 Å². The molecular formula is C94H139N25O31. The van der Waals surface area contributed by atoms with E-state index in [1.165, 1.54) is 18.7 Å². The lowest BCUT2D eigenvalue weighted by Crippen LogP contribution is -2.63. The number of aromatic nitrogens is 3. The maximum absolute atomic E-state index is 14.5. The standard InChI is InChI=1S/C94H139N25O31/c1-12-43(4)71(94(149)150)114-92(147)75(50(11)125)118-85(140)60(32-52-36-99-55-23-17-16-22-54(52)55)108-82(137)62(34-67(95)126)106-78(133)45(6)103-87(142)64(39-120)112-76(131)44(5)102-69(128)38-100-79(134)61(33-53-37-97-41-101-53)111-90(145)73(48(9)123)116-83(138)58(30-42(2)3)107-81(136)57(26-27-70(129)130)105-77(132)46(7)104-89(144)72(47(8)122)115-84(139)59(31-51-20-14-13-15-21-51)110-88(143)66-25-19-29-119(66)93(148)65(40-121)113-91(146)74(49(10)124)117-86(141)63(35-68(96)127)109-80(135)56-24-18-28-98-56/h13-17,20-23,36-37,41-50,56-66,71-75,98-99,120-125H,12,18-19,24-35,38-40H2,1-11H3,(H2,95,126)(H2,96,127)(H,97,101)(H,100,134)(H,102,128)(H,103,142)(H,104,144)(H,105,132)(H,106,133)(H,107,136)(H,108,137)(H,109,135)(H,110,143)(H,111,145)(H,112,131)(H,113,146)(H,114,147)(H,115,139)(H,116,138)(H,117,141)(H,118,140)(H,129,130)(H,149,150)/t43-,44-,45-,46-,47+,48+,49+,50+,56-,57-,58-,59-,60-,61-,62-,63-,64-,65-,66-,71-,72-,73-,74-,75-/m0/s1. The average Bonchev–Trinajstić information content (AvgIpc) is 1.67. The lowest BCUT2D eigenvalue weighted by atomic mass is 9.98. The third-order valence-electron chi connectivity index (χ3n) is 24.5. The van der Waals surface area contributed by atoms with Crippen LogP contribution in [0, 0.1) is 11.8 Å². The molecule has 2 aliphatic heterocycles. The van der Waals surface area contributed by atoms with E-state index in [1.54, 1.807) is 82.3 Å². The quantitative estimate of drug-likeness (QED) is 0.0195. The second-order valence-corrected chi connectivity index (χ2v) is 37.3. The second kappa shape index (κ2) is 59.6. The summed E-state index contributed by atoms with van der Waals surface area (Å²) in [6.45, 7) is 11.3. The van der Waals surface area contributed by atoms with Gasteiger partial charge in [0.15, 0.2) is 0 Å². The number of nitrogens with one attached hydrogen (secondary N) is 21. The fourth-order valence-electron chi connectivity index (χ4n) is 15.9. The Bertz CT molecular complexity index is 5410. The van der Waals surface area contributed by atoms with Crippen molar-refractivity contribution in [3.8, 4) is 0 Å². The molecule has 0 aliphatic carbocycles. The number of aliphatic carboxylic acids is 2. The van der Waals surface area contributed by atoms with Crippen molar-refractivity contribution in [1.29, 1.82) is 0 Å². The summed E-state index contributed by atoms with van der Waals surface area (Å²) in [6, 6.07) is -17.0. The first-order valence-electron chi connectivity index (χ1n) is 48.7. The van der Waals surface area contributed by atoms with Crippen LogP contribution in [0.25, 0.3) is 10.9 Å². The van der Waals surface area contributed by atoms with Crippen molar-refractivity contribution in [2.45, 2.75) is 299 Å². The van der Waals surface area contributed by atoms with Gasteiger partial charge < -0.3 is 168 Å². The number of H-pyrrole nitrogens is 2. The molecule has 6 rings (SSSR count). The number of hydrogen-bond donors (Lipinski definition) is 31. The number of rotatable bonds is 61. The Balaban J connectivity index is 1.06. The van der Waals surface area contributed by atoms with Gasteiger partial charge in [-0.2, -0.15) is 0 Å². The van der Waals surface area contributed by atoms with Gasteiger partial charge in [-0.1, -0.05) is 82.6 Å². The minimum absolute atomic E-state index is 0.0477. The van der Waals surface area contributed by atoms with E-state index in [9.17, 15) is 151 Å².